The molecule has 2 aromatic rings. The Balaban J connectivity index is 1.67. The third kappa shape index (κ3) is 3.86. The Morgan fingerprint density at radius 3 is 2.25 bits per heavy atom. The molecule has 2 aliphatic heterocycles. The quantitative estimate of drug-likeness (QED) is 0.301. The molecule has 7 N–H and O–H groups in total. The van der Waals surface area contributed by atoms with E-state index >= 15 is 0 Å². The number of phenols is 2. The van der Waals surface area contributed by atoms with E-state index in [9.17, 15) is 40.5 Å². The van der Waals surface area contributed by atoms with Crippen LogP contribution in [0, 0.1) is 0 Å². The number of fused-ring (bicyclic) bond motifs is 1. The number of aromatic hydroxyl groups is 2. The first kappa shape index (κ1) is 22.3. The summed E-state index contributed by atoms with van der Waals surface area (Å²) in [6, 6.07) is 7.84. The first-order valence-electron chi connectivity index (χ1n) is 9.73. The Labute approximate surface area is 181 Å². The number of ketones is 1. The Morgan fingerprint density at radius 1 is 0.906 bits per heavy atom. The lowest BCUT2D eigenvalue weighted by molar-refractivity contribution is -0.277. The van der Waals surface area contributed by atoms with Crippen molar-refractivity contribution in [1.82, 2.24) is 0 Å². The molecule has 1 fully saturated rings. The standard InChI is InChI=1S/C21H22O11/c22-7-13-15(25)17(27)19(29)21(32-13)31-12-6-10(24)5-11-14(12)16(26)18(28)20(30-11)8-1-3-9(23)4-2-8/h1-6,13,15,17-25,27-29H,7H2/t13-,15-,17+,18?,19-,20?,21-/m1/s1. The van der Waals surface area contributed by atoms with Gasteiger partial charge in [0.2, 0.25) is 12.1 Å². The molecule has 0 spiro atoms. The van der Waals surface area contributed by atoms with Gasteiger partial charge in [-0.25, -0.2) is 0 Å². The van der Waals surface area contributed by atoms with E-state index in [0.29, 0.717) is 5.56 Å². The van der Waals surface area contributed by atoms with Crippen molar-refractivity contribution in [2.24, 2.45) is 0 Å². The van der Waals surface area contributed by atoms with E-state index in [2.05, 4.69) is 0 Å². The van der Waals surface area contributed by atoms with Crippen LogP contribution < -0.4 is 9.47 Å². The smallest absolute Gasteiger partial charge is 0.229 e. The number of carbonyl (C=O) groups excluding carboxylic acids is 1. The van der Waals surface area contributed by atoms with Crippen LogP contribution in [0.5, 0.6) is 23.0 Å². The average molecular weight is 450 g/mol. The molecule has 0 saturated carbocycles. The maximum Gasteiger partial charge on any atom is 0.229 e. The molecule has 4 rings (SSSR count). The van der Waals surface area contributed by atoms with Crippen molar-refractivity contribution in [2.75, 3.05) is 6.61 Å². The minimum absolute atomic E-state index is 0.0152. The fourth-order valence-electron chi connectivity index (χ4n) is 3.70. The molecular formula is C21H22O11. The summed E-state index contributed by atoms with van der Waals surface area (Å²) >= 11 is 0. The second-order valence-electron chi connectivity index (χ2n) is 7.57. The molecule has 0 aromatic heterocycles. The van der Waals surface area contributed by atoms with Crippen LogP contribution in [-0.4, -0.2) is 84.9 Å². The number of Topliss-reactive ketones (excluding diaryl/α,β-unsaturated/α-hetero) is 1. The number of hydrogen-bond donors (Lipinski definition) is 7. The van der Waals surface area contributed by atoms with Crippen molar-refractivity contribution in [2.45, 2.75) is 42.9 Å². The lowest BCUT2D eigenvalue weighted by Crippen LogP contribution is -2.60. The van der Waals surface area contributed by atoms with E-state index in [1.165, 1.54) is 24.3 Å². The first-order valence-corrected chi connectivity index (χ1v) is 9.73. The van der Waals surface area contributed by atoms with Crippen LogP contribution in [0.1, 0.15) is 22.0 Å². The zero-order chi connectivity index (χ0) is 23.2. The average Bonchev–Trinajstić information content (AvgIpc) is 2.77. The summed E-state index contributed by atoms with van der Waals surface area (Å²) in [6.07, 6.45) is -10.7. The number of aliphatic hydroxyl groups is 5. The fraction of sp³-hybridized carbons (Fsp3) is 0.381. The molecule has 0 bridgehead atoms. The molecular weight excluding hydrogens is 428 g/mol. The fourth-order valence-corrected chi connectivity index (χ4v) is 3.70. The highest BCUT2D eigenvalue weighted by atomic mass is 16.7. The third-order valence-corrected chi connectivity index (χ3v) is 5.42. The van der Waals surface area contributed by atoms with Crippen LogP contribution >= 0.6 is 0 Å². The normalized spacial score (nSPS) is 32.2. The summed E-state index contributed by atoms with van der Waals surface area (Å²) in [5.41, 5.74) is 0.163. The number of aliphatic hydroxyl groups excluding tert-OH is 5. The molecule has 0 radical (unpaired) electrons. The summed E-state index contributed by atoms with van der Waals surface area (Å²) in [5.74, 6) is -1.60. The van der Waals surface area contributed by atoms with Gasteiger partial charge in [-0.1, -0.05) is 12.1 Å². The van der Waals surface area contributed by atoms with Crippen LogP contribution in [0.2, 0.25) is 0 Å². The van der Waals surface area contributed by atoms with Gasteiger partial charge in [0.1, 0.15) is 53.0 Å². The number of rotatable bonds is 4. The van der Waals surface area contributed by atoms with Gasteiger partial charge in [-0.3, -0.25) is 4.79 Å². The molecule has 7 atom stereocenters. The number of ether oxygens (including phenoxy) is 3. The zero-order valence-electron chi connectivity index (χ0n) is 16.5. The summed E-state index contributed by atoms with van der Waals surface area (Å²) in [5, 5.41) is 69.5. The van der Waals surface area contributed by atoms with Crippen LogP contribution in [0.3, 0.4) is 0 Å². The van der Waals surface area contributed by atoms with Crippen LogP contribution in [0.25, 0.3) is 0 Å². The molecule has 11 nitrogen and oxygen atoms in total. The summed E-state index contributed by atoms with van der Waals surface area (Å²) in [7, 11) is 0. The molecule has 0 amide bonds. The van der Waals surface area contributed by atoms with Crippen LogP contribution in [0.4, 0.5) is 0 Å². The van der Waals surface area contributed by atoms with Crippen molar-refractivity contribution in [3.8, 4) is 23.0 Å². The van der Waals surface area contributed by atoms with E-state index < -0.39 is 55.3 Å². The number of carbonyl (C=O) groups is 1. The lowest BCUT2D eigenvalue weighted by atomic mass is 9.92. The van der Waals surface area contributed by atoms with Crippen molar-refractivity contribution >= 4 is 5.78 Å². The van der Waals surface area contributed by atoms with Gasteiger partial charge in [-0.05, 0) is 17.7 Å². The van der Waals surface area contributed by atoms with E-state index in [1.807, 2.05) is 0 Å². The Morgan fingerprint density at radius 2 is 1.59 bits per heavy atom. The van der Waals surface area contributed by atoms with Gasteiger partial charge in [0, 0.05) is 12.1 Å². The van der Waals surface area contributed by atoms with E-state index in [0.717, 1.165) is 12.1 Å². The second kappa shape index (κ2) is 8.54. The second-order valence-corrected chi connectivity index (χ2v) is 7.57. The SMILES string of the molecule is O=C1c2c(cc(O)cc2O[C@@H]2O[C@H](CO)[C@@H](O)[C@H](O)[C@H]2O)OC(c2ccc(O)cc2)C1O. The van der Waals surface area contributed by atoms with Crippen molar-refractivity contribution < 1.29 is 54.8 Å². The van der Waals surface area contributed by atoms with E-state index in [-0.39, 0.29) is 28.6 Å². The maximum atomic E-state index is 13.0. The van der Waals surface area contributed by atoms with Crippen LogP contribution in [-0.2, 0) is 4.74 Å². The molecule has 32 heavy (non-hydrogen) atoms. The molecule has 11 heteroatoms. The van der Waals surface area contributed by atoms with E-state index in [1.54, 1.807) is 0 Å². The summed E-state index contributed by atoms with van der Waals surface area (Å²) < 4.78 is 16.5. The van der Waals surface area contributed by atoms with Gasteiger partial charge in [-0.15, -0.1) is 0 Å². The van der Waals surface area contributed by atoms with Gasteiger partial charge < -0.3 is 50.0 Å². The highest BCUT2D eigenvalue weighted by molar-refractivity contribution is 6.05. The predicted octanol–water partition coefficient (Wildman–Crippen LogP) is -1.05. The van der Waals surface area contributed by atoms with Gasteiger partial charge in [0.05, 0.1) is 6.61 Å². The molecule has 172 valence electrons. The van der Waals surface area contributed by atoms with Crippen molar-refractivity contribution in [3.05, 3.63) is 47.5 Å². The summed E-state index contributed by atoms with van der Waals surface area (Å²) in [6.45, 7) is -0.683. The third-order valence-electron chi connectivity index (χ3n) is 5.42. The zero-order valence-corrected chi connectivity index (χ0v) is 16.5. The molecule has 1 saturated heterocycles. The minimum atomic E-state index is -1.75. The molecule has 2 aliphatic rings. The molecule has 2 heterocycles. The van der Waals surface area contributed by atoms with E-state index in [4.69, 9.17) is 14.2 Å². The Kier molecular flexibility index (Phi) is 5.95. The van der Waals surface area contributed by atoms with Crippen molar-refractivity contribution in [3.63, 3.8) is 0 Å². The van der Waals surface area contributed by atoms with Gasteiger partial charge in [-0.2, -0.15) is 0 Å². The molecule has 0 aliphatic carbocycles. The molecule has 2 aromatic carbocycles. The number of benzene rings is 2. The summed E-state index contributed by atoms with van der Waals surface area (Å²) in [4.78, 5) is 13.0. The van der Waals surface area contributed by atoms with Gasteiger partial charge in [0.25, 0.3) is 0 Å². The van der Waals surface area contributed by atoms with Gasteiger partial charge in [0.15, 0.2) is 12.2 Å². The number of hydrogen-bond acceptors (Lipinski definition) is 11. The van der Waals surface area contributed by atoms with Crippen LogP contribution in [0.15, 0.2) is 36.4 Å². The minimum Gasteiger partial charge on any atom is -0.508 e. The van der Waals surface area contributed by atoms with Gasteiger partial charge >= 0.3 is 0 Å². The number of phenolic OH excluding ortho intramolecular Hbond substituents is 2. The molecule has 2 unspecified atom stereocenters. The maximum absolute atomic E-state index is 13.0. The lowest BCUT2D eigenvalue weighted by Gasteiger charge is -2.40. The van der Waals surface area contributed by atoms with Crippen molar-refractivity contribution in [1.29, 1.82) is 0 Å². The monoisotopic (exact) mass is 450 g/mol. The topological polar surface area (TPSA) is 186 Å². The largest absolute Gasteiger partial charge is 0.508 e. The Hall–Kier alpha value is -2.93. The highest BCUT2D eigenvalue weighted by Gasteiger charge is 2.46. The first-order chi connectivity index (χ1) is 15.2. The Bertz CT molecular complexity index is 990. The highest BCUT2D eigenvalue weighted by Crippen LogP contribution is 2.43. The predicted molar refractivity (Wildman–Crippen MR) is 104 cm³/mol.